The van der Waals surface area contributed by atoms with Gasteiger partial charge in [0.25, 0.3) is 0 Å². The van der Waals surface area contributed by atoms with Gasteiger partial charge in [-0.15, -0.1) is 11.3 Å². The van der Waals surface area contributed by atoms with E-state index in [1.54, 1.807) is 11.3 Å². The summed E-state index contributed by atoms with van der Waals surface area (Å²) in [5.74, 6) is 0. The van der Waals surface area contributed by atoms with Gasteiger partial charge in [0.05, 0.1) is 12.2 Å². The number of aliphatic hydroxyl groups is 1. The summed E-state index contributed by atoms with van der Waals surface area (Å²) in [5, 5.41) is 13.0. The number of thiazole rings is 1. The molecular weight excluding hydrogens is 368 g/mol. The lowest BCUT2D eigenvalue weighted by Crippen LogP contribution is -2.58. The standard InChI is InChI=1S/C22H32N4OS/c1-24-10-7-19(8-11-24)26-13-12-25(15-20(26)9-14-27)16-22-23-21(17-28-22)18-5-3-2-4-6-18/h2-6,17,19-20,27H,7-16H2,1H3/t20-/m1/s1. The van der Waals surface area contributed by atoms with Crippen molar-refractivity contribution in [2.75, 3.05) is 46.4 Å². The Labute approximate surface area is 172 Å². The topological polar surface area (TPSA) is 42.8 Å². The van der Waals surface area contributed by atoms with Crippen molar-refractivity contribution < 1.29 is 5.11 Å². The Hall–Kier alpha value is -1.31. The van der Waals surface area contributed by atoms with Gasteiger partial charge in [0.2, 0.25) is 0 Å². The second kappa shape index (κ2) is 9.46. The van der Waals surface area contributed by atoms with Crippen LogP contribution < -0.4 is 0 Å². The molecule has 1 aromatic carbocycles. The van der Waals surface area contributed by atoms with Crippen LogP contribution in [0.15, 0.2) is 35.7 Å². The van der Waals surface area contributed by atoms with Crippen molar-refractivity contribution in [3.05, 3.63) is 40.7 Å². The van der Waals surface area contributed by atoms with Gasteiger partial charge in [0, 0.05) is 49.3 Å². The highest BCUT2D eigenvalue weighted by Crippen LogP contribution is 2.26. The molecule has 2 fully saturated rings. The van der Waals surface area contributed by atoms with Gasteiger partial charge in [-0.1, -0.05) is 30.3 Å². The van der Waals surface area contributed by atoms with Crippen LogP contribution in [0.3, 0.4) is 0 Å². The first kappa shape index (κ1) is 20.0. The maximum atomic E-state index is 9.62. The first-order valence-corrected chi connectivity index (χ1v) is 11.4. The Balaban J connectivity index is 1.37. The van der Waals surface area contributed by atoms with Crippen molar-refractivity contribution >= 4 is 11.3 Å². The van der Waals surface area contributed by atoms with Crippen molar-refractivity contribution in [1.82, 2.24) is 19.7 Å². The SMILES string of the molecule is CN1CCC(N2CCN(Cc3nc(-c4ccccc4)cs3)C[C@H]2CCO)CC1. The fourth-order valence-electron chi connectivity index (χ4n) is 4.61. The molecule has 2 aliphatic rings. The average molecular weight is 401 g/mol. The van der Waals surface area contributed by atoms with Crippen LogP contribution in [0, 0.1) is 0 Å². The molecule has 2 aliphatic heterocycles. The van der Waals surface area contributed by atoms with Crippen LogP contribution in [0.2, 0.25) is 0 Å². The molecule has 1 aromatic heterocycles. The van der Waals surface area contributed by atoms with E-state index in [-0.39, 0.29) is 6.61 Å². The fraction of sp³-hybridized carbons (Fsp3) is 0.591. The van der Waals surface area contributed by atoms with E-state index in [4.69, 9.17) is 4.98 Å². The zero-order chi connectivity index (χ0) is 19.3. The van der Waals surface area contributed by atoms with Crippen molar-refractivity contribution in [1.29, 1.82) is 0 Å². The maximum Gasteiger partial charge on any atom is 0.107 e. The minimum absolute atomic E-state index is 0.275. The van der Waals surface area contributed by atoms with Gasteiger partial charge >= 0.3 is 0 Å². The molecule has 4 rings (SSSR count). The van der Waals surface area contributed by atoms with E-state index < -0.39 is 0 Å². The highest BCUT2D eigenvalue weighted by molar-refractivity contribution is 7.09. The van der Waals surface area contributed by atoms with Crippen LogP contribution in [-0.4, -0.2) is 83.3 Å². The quantitative estimate of drug-likeness (QED) is 0.808. The van der Waals surface area contributed by atoms with E-state index in [0.717, 1.165) is 38.3 Å². The number of likely N-dealkylation sites (tertiary alicyclic amines) is 1. The summed E-state index contributed by atoms with van der Waals surface area (Å²) in [5.41, 5.74) is 2.27. The molecule has 0 amide bonds. The van der Waals surface area contributed by atoms with Gasteiger partial charge in [0.1, 0.15) is 5.01 Å². The van der Waals surface area contributed by atoms with Gasteiger partial charge < -0.3 is 10.0 Å². The predicted octanol–water partition coefficient (Wildman–Crippen LogP) is 2.77. The van der Waals surface area contributed by atoms with Crippen LogP contribution in [0.25, 0.3) is 11.3 Å². The monoisotopic (exact) mass is 400 g/mol. The van der Waals surface area contributed by atoms with Gasteiger partial charge in [-0.05, 0) is 39.4 Å². The lowest BCUT2D eigenvalue weighted by Gasteiger charge is -2.47. The Morgan fingerprint density at radius 2 is 1.89 bits per heavy atom. The van der Waals surface area contributed by atoms with Crippen molar-refractivity contribution in [2.45, 2.75) is 37.9 Å². The van der Waals surface area contributed by atoms with Crippen molar-refractivity contribution in [3.8, 4) is 11.3 Å². The molecule has 3 heterocycles. The molecule has 28 heavy (non-hydrogen) atoms. The molecule has 0 aliphatic carbocycles. The second-order valence-corrected chi connectivity index (χ2v) is 9.11. The molecule has 0 bridgehead atoms. The van der Waals surface area contributed by atoms with E-state index >= 15 is 0 Å². The average Bonchev–Trinajstić information content (AvgIpc) is 3.19. The highest BCUT2D eigenvalue weighted by Gasteiger charge is 2.33. The molecule has 2 saturated heterocycles. The molecule has 0 saturated carbocycles. The predicted molar refractivity (Wildman–Crippen MR) is 116 cm³/mol. The van der Waals surface area contributed by atoms with Crippen molar-refractivity contribution in [3.63, 3.8) is 0 Å². The minimum atomic E-state index is 0.275. The van der Waals surface area contributed by atoms with Gasteiger partial charge in [0.15, 0.2) is 0 Å². The van der Waals surface area contributed by atoms with E-state index in [1.807, 2.05) is 6.07 Å². The number of rotatable bonds is 6. The molecule has 6 heteroatoms. The summed E-state index contributed by atoms with van der Waals surface area (Å²) >= 11 is 1.76. The number of hydrogen-bond acceptors (Lipinski definition) is 6. The van der Waals surface area contributed by atoms with E-state index in [1.165, 1.54) is 36.5 Å². The summed E-state index contributed by atoms with van der Waals surface area (Å²) in [7, 11) is 2.22. The number of hydrogen-bond donors (Lipinski definition) is 1. The molecule has 1 atom stereocenters. The summed E-state index contributed by atoms with van der Waals surface area (Å²) in [6, 6.07) is 11.6. The molecule has 1 N–H and O–H groups in total. The molecule has 0 radical (unpaired) electrons. The molecule has 152 valence electrons. The first-order valence-electron chi connectivity index (χ1n) is 10.5. The Morgan fingerprint density at radius 1 is 1.11 bits per heavy atom. The summed E-state index contributed by atoms with van der Waals surface area (Å²) in [4.78, 5) is 12.5. The third kappa shape index (κ3) is 4.81. The highest BCUT2D eigenvalue weighted by atomic mass is 32.1. The fourth-order valence-corrected chi connectivity index (χ4v) is 5.45. The maximum absolute atomic E-state index is 9.62. The Morgan fingerprint density at radius 3 is 2.64 bits per heavy atom. The second-order valence-electron chi connectivity index (χ2n) is 8.17. The third-order valence-corrected chi connectivity index (χ3v) is 7.05. The van der Waals surface area contributed by atoms with Crippen LogP contribution >= 0.6 is 11.3 Å². The van der Waals surface area contributed by atoms with Gasteiger partial charge in [-0.2, -0.15) is 0 Å². The van der Waals surface area contributed by atoms with Crippen LogP contribution in [-0.2, 0) is 6.54 Å². The van der Waals surface area contributed by atoms with Crippen LogP contribution in [0.5, 0.6) is 0 Å². The number of aliphatic hydroxyl groups excluding tert-OH is 1. The zero-order valence-electron chi connectivity index (χ0n) is 16.8. The minimum Gasteiger partial charge on any atom is -0.396 e. The molecule has 0 spiro atoms. The van der Waals surface area contributed by atoms with Gasteiger partial charge in [-0.25, -0.2) is 4.98 Å². The number of piperazine rings is 1. The van der Waals surface area contributed by atoms with Crippen LogP contribution in [0.4, 0.5) is 0 Å². The molecule has 0 unspecified atom stereocenters. The number of aromatic nitrogens is 1. The third-order valence-electron chi connectivity index (χ3n) is 6.21. The molecule has 2 aromatic rings. The Bertz CT molecular complexity index is 729. The van der Waals surface area contributed by atoms with Gasteiger partial charge in [-0.3, -0.25) is 9.80 Å². The summed E-state index contributed by atoms with van der Waals surface area (Å²) < 4.78 is 0. The van der Waals surface area contributed by atoms with Crippen molar-refractivity contribution in [2.24, 2.45) is 0 Å². The number of nitrogens with zero attached hydrogens (tertiary/aromatic N) is 4. The smallest absolute Gasteiger partial charge is 0.107 e. The number of benzene rings is 1. The van der Waals surface area contributed by atoms with E-state index in [9.17, 15) is 5.11 Å². The lowest BCUT2D eigenvalue weighted by molar-refractivity contribution is 0.00599. The zero-order valence-corrected chi connectivity index (χ0v) is 17.7. The number of piperidine rings is 1. The Kier molecular flexibility index (Phi) is 6.75. The normalized spacial score (nSPS) is 23.3. The first-order chi connectivity index (χ1) is 13.7. The summed E-state index contributed by atoms with van der Waals surface area (Å²) in [6.07, 6.45) is 3.38. The largest absolute Gasteiger partial charge is 0.396 e. The van der Waals surface area contributed by atoms with E-state index in [0.29, 0.717) is 12.1 Å². The molecule has 5 nitrogen and oxygen atoms in total. The van der Waals surface area contributed by atoms with Crippen LogP contribution in [0.1, 0.15) is 24.3 Å². The lowest BCUT2D eigenvalue weighted by atomic mass is 9.98. The molecular formula is C22H32N4OS. The summed E-state index contributed by atoms with van der Waals surface area (Å²) in [6.45, 7) is 6.81. The van der Waals surface area contributed by atoms with E-state index in [2.05, 4.69) is 51.4 Å².